The van der Waals surface area contributed by atoms with Crippen LogP contribution in [0.5, 0.6) is 11.5 Å². The molecule has 1 aromatic heterocycles. The van der Waals surface area contributed by atoms with E-state index < -0.39 is 0 Å². The summed E-state index contributed by atoms with van der Waals surface area (Å²) in [4.78, 5) is 2.33. The zero-order valence-electron chi connectivity index (χ0n) is 43.7. The lowest BCUT2D eigenvalue weighted by Gasteiger charge is -2.36. The van der Waals surface area contributed by atoms with Crippen molar-refractivity contribution in [3.8, 4) is 61.7 Å². The summed E-state index contributed by atoms with van der Waals surface area (Å²) in [5.74, 6) is 1.80. The van der Waals surface area contributed by atoms with E-state index in [4.69, 9.17) is 4.74 Å². The molecule has 13 rings (SSSR count). The van der Waals surface area contributed by atoms with Crippen LogP contribution in [0.4, 0.5) is 17.1 Å². The third kappa shape index (κ3) is 7.56. The van der Waals surface area contributed by atoms with Crippen LogP contribution in [0.3, 0.4) is 0 Å². The summed E-state index contributed by atoms with van der Waals surface area (Å²) in [7, 11) is 0. The Morgan fingerprint density at radius 3 is 1.61 bits per heavy atom. The Balaban J connectivity index is 0.898. The molecule has 2 heterocycles. The van der Waals surface area contributed by atoms with E-state index in [0.717, 1.165) is 67.6 Å². The van der Waals surface area contributed by atoms with Gasteiger partial charge in [0.05, 0.1) is 11.0 Å². The lowest BCUT2D eigenvalue weighted by molar-refractivity contribution is 0.421. The molecular weight excluding hydrogens is 921 g/mol. The molecule has 76 heavy (non-hydrogen) atoms. The van der Waals surface area contributed by atoms with Crippen LogP contribution in [0.15, 0.2) is 255 Å². The highest BCUT2D eigenvalue weighted by molar-refractivity contribution is 6.13. The topological polar surface area (TPSA) is 17.4 Å². The van der Waals surface area contributed by atoms with Gasteiger partial charge in [0.15, 0.2) is 0 Å². The van der Waals surface area contributed by atoms with Crippen LogP contribution in [0.1, 0.15) is 62.4 Å². The van der Waals surface area contributed by atoms with Crippen LogP contribution >= 0.6 is 0 Å². The van der Waals surface area contributed by atoms with Crippen molar-refractivity contribution in [3.05, 3.63) is 283 Å². The molecule has 0 fully saturated rings. The standard InChI is InChI=1S/C73H58N2O/c1-7-19-48(20-8-2)50-31-38-55(39-32-50)74(56-40-33-51(34-41-56)49-21-11-9-12-22-49)57-42-35-52(36-43-57)58-26-17-29-65-70(58)76-71-59(27-18-30-66(71)73(65,5)6)53-37-44-68-62(45-53)63-46-61-60-25-15-16-28-64(60)72(3,4)67(61)47-69(63)75(68)54-23-13-10-14-24-54/h7-47H,1H2,2-6H3/b20-8-,48-19+. The first-order chi connectivity index (χ1) is 37.1. The minimum atomic E-state index is -0.342. The van der Waals surface area contributed by atoms with Crippen LogP contribution < -0.4 is 9.64 Å². The second-order valence-corrected chi connectivity index (χ2v) is 21.3. The average molecular weight is 979 g/mol. The Morgan fingerprint density at radius 2 is 0.961 bits per heavy atom. The maximum Gasteiger partial charge on any atom is 0.139 e. The number of para-hydroxylation sites is 3. The first kappa shape index (κ1) is 46.6. The van der Waals surface area contributed by atoms with Gasteiger partial charge in [-0.25, -0.2) is 0 Å². The minimum absolute atomic E-state index is 0.114. The maximum atomic E-state index is 7.38. The van der Waals surface area contributed by atoms with Gasteiger partial charge in [-0.1, -0.05) is 210 Å². The van der Waals surface area contributed by atoms with Gasteiger partial charge in [0.1, 0.15) is 11.5 Å². The van der Waals surface area contributed by atoms with Crippen molar-refractivity contribution in [2.24, 2.45) is 0 Å². The number of ether oxygens (including phenoxy) is 1. The van der Waals surface area contributed by atoms with E-state index >= 15 is 0 Å². The van der Waals surface area contributed by atoms with Crippen molar-refractivity contribution in [1.82, 2.24) is 4.57 Å². The first-order valence-corrected chi connectivity index (χ1v) is 26.5. The minimum Gasteiger partial charge on any atom is -0.455 e. The molecule has 3 heteroatoms. The van der Waals surface area contributed by atoms with Gasteiger partial charge in [0.25, 0.3) is 0 Å². The van der Waals surface area contributed by atoms with Gasteiger partial charge in [-0.15, -0.1) is 0 Å². The predicted octanol–water partition coefficient (Wildman–Crippen LogP) is 20.1. The average Bonchev–Trinajstić information content (AvgIpc) is 3.94. The van der Waals surface area contributed by atoms with E-state index in [2.05, 4.69) is 286 Å². The van der Waals surface area contributed by atoms with E-state index in [1.165, 1.54) is 66.3 Å². The molecule has 0 unspecified atom stereocenters. The molecule has 0 spiro atoms. The first-order valence-electron chi connectivity index (χ1n) is 26.5. The van der Waals surface area contributed by atoms with Crippen LogP contribution in [-0.4, -0.2) is 4.57 Å². The zero-order chi connectivity index (χ0) is 51.7. The van der Waals surface area contributed by atoms with Crippen LogP contribution in [0.2, 0.25) is 0 Å². The molecule has 0 N–H and O–H groups in total. The van der Waals surface area contributed by atoms with Gasteiger partial charge in [0.2, 0.25) is 0 Å². The molecule has 11 aromatic rings. The fraction of sp³-hybridized carbons (Fsp3) is 0.0959. The van der Waals surface area contributed by atoms with Crippen molar-refractivity contribution < 1.29 is 4.74 Å². The fourth-order valence-corrected chi connectivity index (χ4v) is 12.2. The maximum absolute atomic E-state index is 7.38. The number of allylic oxidation sites excluding steroid dienone is 5. The van der Waals surface area contributed by atoms with Crippen molar-refractivity contribution in [2.45, 2.75) is 45.4 Å². The Bertz CT molecular complexity index is 4120. The van der Waals surface area contributed by atoms with E-state index in [-0.39, 0.29) is 10.8 Å². The van der Waals surface area contributed by atoms with Crippen molar-refractivity contribution in [2.75, 3.05) is 4.90 Å². The Hall–Kier alpha value is -9.18. The van der Waals surface area contributed by atoms with Crippen molar-refractivity contribution >= 4 is 44.4 Å². The summed E-state index contributed by atoms with van der Waals surface area (Å²) in [6, 6.07) is 82.1. The van der Waals surface area contributed by atoms with Crippen LogP contribution in [0.25, 0.3) is 77.6 Å². The molecule has 0 saturated heterocycles. The number of fused-ring (bicyclic) bond motifs is 8. The highest BCUT2D eigenvalue weighted by Crippen LogP contribution is 2.55. The molecule has 0 atom stereocenters. The normalized spacial score (nSPS) is 14.0. The molecule has 0 saturated carbocycles. The number of anilines is 3. The Kier molecular flexibility index (Phi) is 11.2. The fourth-order valence-electron chi connectivity index (χ4n) is 12.2. The van der Waals surface area contributed by atoms with E-state index in [0.29, 0.717) is 0 Å². The highest BCUT2D eigenvalue weighted by atomic mass is 16.5. The summed E-state index contributed by atoms with van der Waals surface area (Å²) < 4.78 is 9.83. The molecule has 0 bridgehead atoms. The molecule has 3 nitrogen and oxygen atoms in total. The monoisotopic (exact) mass is 978 g/mol. The van der Waals surface area contributed by atoms with Crippen molar-refractivity contribution in [3.63, 3.8) is 0 Å². The molecule has 10 aromatic carbocycles. The molecular formula is C73H58N2O. The number of rotatable bonds is 10. The van der Waals surface area contributed by atoms with Gasteiger partial charge in [-0.05, 0) is 135 Å². The third-order valence-corrected chi connectivity index (χ3v) is 16.1. The molecule has 1 aliphatic carbocycles. The molecule has 366 valence electrons. The van der Waals surface area contributed by atoms with Gasteiger partial charge in [-0.3, -0.25) is 0 Å². The predicted molar refractivity (Wildman–Crippen MR) is 321 cm³/mol. The second kappa shape index (κ2) is 18.3. The zero-order valence-corrected chi connectivity index (χ0v) is 43.7. The van der Waals surface area contributed by atoms with Gasteiger partial charge in [-0.2, -0.15) is 0 Å². The summed E-state index contributed by atoms with van der Waals surface area (Å²) in [5.41, 5.74) is 23.0. The SMILES string of the molecule is C=C/C=C(\C=C/C)c1ccc(N(c2ccc(-c3ccccc3)cc2)c2ccc(-c3cccc4c3Oc3c(-c5ccc6c(c5)c5cc7c(cc5n6-c5ccccc5)C(C)(C)c5ccccc5-7)cccc3C4(C)C)cc2)cc1. The van der Waals surface area contributed by atoms with Gasteiger partial charge in [0, 0.05) is 66.6 Å². The molecule has 0 radical (unpaired) electrons. The molecule has 1 aliphatic heterocycles. The Labute approximate surface area is 446 Å². The summed E-state index contributed by atoms with van der Waals surface area (Å²) in [6.07, 6.45) is 8.08. The Morgan fingerprint density at radius 1 is 0.447 bits per heavy atom. The highest BCUT2D eigenvalue weighted by Gasteiger charge is 2.38. The summed E-state index contributed by atoms with van der Waals surface area (Å²) in [6.45, 7) is 15.4. The van der Waals surface area contributed by atoms with Crippen molar-refractivity contribution in [1.29, 1.82) is 0 Å². The summed E-state index contributed by atoms with van der Waals surface area (Å²) in [5, 5.41) is 2.46. The van der Waals surface area contributed by atoms with Crippen LogP contribution in [0, 0.1) is 0 Å². The van der Waals surface area contributed by atoms with E-state index in [1.807, 2.05) is 13.0 Å². The number of aromatic nitrogens is 1. The second-order valence-electron chi connectivity index (χ2n) is 21.3. The van der Waals surface area contributed by atoms with E-state index in [9.17, 15) is 0 Å². The number of benzene rings is 10. The lowest BCUT2D eigenvalue weighted by atomic mass is 9.74. The third-order valence-electron chi connectivity index (χ3n) is 16.1. The quantitative estimate of drug-likeness (QED) is 0.127. The summed E-state index contributed by atoms with van der Waals surface area (Å²) >= 11 is 0. The lowest BCUT2D eigenvalue weighted by Crippen LogP contribution is -2.25. The number of hydrogen-bond donors (Lipinski definition) is 0. The van der Waals surface area contributed by atoms with Crippen LogP contribution in [-0.2, 0) is 10.8 Å². The smallest absolute Gasteiger partial charge is 0.139 e. The van der Waals surface area contributed by atoms with Gasteiger partial charge >= 0.3 is 0 Å². The molecule has 2 aliphatic rings. The number of hydrogen-bond acceptors (Lipinski definition) is 2. The number of nitrogens with zero attached hydrogens (tertiary/aromatic N) is 2. The molecule has 0 amide bonds. The largest absolute Gasteiger partial charge is 0.455 e. The van der Waals surface area contributed by atoms with E-state index in [1.54, 1.807) is 0 Å². The van der Waals surface area contributed by atoms with Gasteiger partial charge < -0.3 is 14.2 Å².